The topological polar surface area (TPSA) is 59.3 Å². The van der Waals surface area contributed by atoms with Crippen molar-refractivity contribution in [2.24, 2.45) is 0 Å². The van der Waals surface area contributed by atoms with Crippen molar-refractivity contribution in [3.63, 3.8) is 0 Å². The lowest BCUT2D eigenvalue weighted by atomic mass is 10.1. The molecular formula is C18H21NO3. The Hall–Kier alpha value is -2.36. The molecule has 4 nitrogen and oxygen atoms in total. The van der Waals surface area contributed by atoms with Crippen LogP contribution in [0.1, 0.15) is 30.9 Å². The second kappa shape index (κ2) is 7.07. The molecule has 0 bridgehead atoms. The van der Waals surface area contributed by atoms with Gasteiger partial charge in [-0.15, -0.1) is 0 Å². The first-order valence-corrected chi connectivity index (χ1v) is 7.54. The van der Waals surface area contributed by atoms with Gasteiger partial charge < -0.3 is 9.67 Å². The summed E-state index contributed by atoms with van der Waals surface area (Å²) in [6.45, 7) is 4.69. The Bertz CT molecular complexity index is 714. The van der Waals surface area contributed by atoms with Crippen molar-refractivity contribution in [1.29, 1.82) is 0 Å². The molecule has 1 heterocycles. The molecule has 0 aliphatic rings. The zero-order valence-electron chi connectivity index (χ0n) is 13.0. The summed E-state index contributed by atoms with van der Waals surface area (Å²) in [4.78, 5) is 23.5. The van der Waals surface area contributed by atoms with Gasteiger partial charge in [-0.1, -0.05) is 49.2 Å². The number of aliphatic carboxylic acids is 1. The largest absolute Gasteiger partial charge is 0.481 e. The number of nitrogens with zero attached hydrogens (tertiary/aromatic N) is 1. The molecule has 0 aliphatic heterocycles. The van der Waals surface area contributed by atoms with Crippen molar-refractivity contribution in [2.45, 2.75) is 39.7 Å². The van der Waals surface area contributed by atoms with Gasteiger partial charge in [0.1, 0.15) is 0 Å². The van der Waals surface area contributed by atoms with Crippen LogP contribution in [-0.2, 0) is 17.8 Å². The van der Waals surface area contributed by atoms with Crippen LogP contribution in [0, 0.1) is 6.92 Å². The maximum absolute atomic E-state index is 12.6. The van der Waals surface area contributed by atoms with E-state index in [0.717, 1.165) is 29.7 Å². The molecule has 0 radical (unpaired) electrons. The Balaban J connectivity index is 2.52. The number of carboxylic acid groups (broad SMARTS) is 1. The van der Waals surface area contributed by atoms with E-state index < -0.39 is 5.97 Å². The van der Waals surface area contributed by atoms with Crippen molar-refractivity contribution >= 4 is 5.97 Å². The summed E-state index contributed by atoms with van der Waals surface area (Å²) in [7, 11) is 0. The molecule has 0 fully saturated rings. The predicted molar refractivity (Wildman–Crippen MR) is 87.1 cm³/mol. The molecular weight excluding hydrogens is 278 g/mol. The number of carbonyl (C=O) groups is 1. The molecule has 116 valence electrons. The van der Waals surface area contributed by atoms with E-state index in [2.05, 4.69) is 6.92 Å². The monoisotopic (exact) mass is 299 g/mol. The molecule has 1 aromatic carbocycles. The van der Waals surface area contributed by atoms with E-state index in [1.807, 2.05) is 37.3 Å². The highest BCUT2D eigenvalue weighted by Gasteiger charge is 2.12. The van der Waals surface area contributed by atoms with E-state index in [4.69, 9.17) is 5.11 Å². The van der Waals surface area contributed by atoms with Crippen LogP contribution in [0.3, 0.4) is 0 Å². The van der Waals surface area contributed by atoms with Gasteiger partial charge in [-0.25, -0.2) is 0 Å². The van der Waals surface area contributed by atoms with Crippen LogP contribution >= 0.6 is 0 Å². The number of benzene rings is 1. The van der Waals surface area contributed by atoms with Gasteiger partial charge in [0.25, 0.3) is 5.56 Å². The first kappa shape index (κ1) is 16.0. The summed E-state index contributed by atoms with van der Waals surface area (Å²) in [6.07, 6.45) is 1.62. The third kappa shape index (κ3) is 3.64. The molecule has 1 aromatic heterocycles. The standard InChI is InChI=1S/C18H21NO3/c1-3-4-11-19-16(14-7-5-13(2)6-8-14)10-9-15(18(19)22)12-17(20)21/h5-10H,3-4,11-12H2,1-2H3,(H,20,21). The minimum atomic E-state index is -0.984. The normalized spacial score (nSPS) is 10.6. The summed E-state index contributed by atoms with van der Waals surface area (Å²) in [5.41, 5.74) is 3.11. The fourth-order valence-electron chi connectivity index (χ4n) is 2.44. The second-order valence-corrected chi connectivity index (χ2v) is 5.49. The molecule has 0 amide bonds. The van der Waals surface area contributed by atoms with Gasteiger partial charge in [0.15, 0.2) is 0 Å². The number of aromatic nitrogens is 1. The summed E-state index contributed by atoms with van der Waals surface area (Å²) < 4.78 is 1.70. The van der Waals surface area contributed by atoms with Crippen LogP contribution < -0.4 is 5.56 Å². The smallest absolute Gasteiger partial charge is 0.308 e. The van der Waals surface area contributed by atoms with Crippen LogP contribution in [0.2, 0.25) is 0 Å². The van der Waals surface area contributed by atoms with Crippen molar-refractivity contribution < 1.29 is 9.90 Å². The molecule has 1 N–H and O–H groups in total. The molecule has 0 saturated carbocycles. The van der Waals surface area contributed by atoms with Crippen LogP contribution in [0.5, 0.6) is 0 Å². The molecule has 4 heteroatoms. The van der Waals surface area contributed by atoms with Gasteiger partial charge in [0.05, 0.1) is 12.1 Å². The number of rotatable bonds is 6. The Kier molecular flexibility index (Phi) is 5.15. The molecule has 2 rings (SSSR count). The molecule has 2 aromatic rings. The lowest BCUT2D eigenvalue weighted by molar-refractivity contribution is -0.136. The minimum Gasteiger partial charge on any atom is -0.481 e. The van der Waals surface area contributed by atoms with Crippen molar-refractivity contribution in [3.8, 4) is 11.3 Å². The Morgan fingerprint density at radius 3 is 2.41 bits per heavy atom. The Morgan fingerprint density at radius 2 is 1.82 bits per heavy atom. The van der Waals surface area contributed by atoms with Gasteiger partial charge in [-0.2, -0.15) is 0 Å². The number of pyridine rings is 1. The molecule has 0 unspecified atom stereocenters. The highest BCUT2D eigenvalue weighted by molar-refractivity contribution is 5.70. The lowest BCUT2D eigenvalue weighted by Gasteiger charge is -2.14. The number of hydrogen-bond acceptors (Lipinski definition) is 2. The zero-order chi connectivity index (χ0) is 16.1. The van der Waals surface area contributed by atoms with E-state index in [9.17, 15) is 9.59 Å². The van der Waals surface area contributed by atoms with Crippen molar-refractivity contribution in [2.75, 3.05) is 0 Å². The van der Waals surface area contributed by atoms with E-state index in [-0.39, 0.29) is 12.0 Å². The van der Waals surface area contributed by atoms with Crippen LogP contribution in [0.4, 0.5) is 0 Å². The maximum Gasteiger partial charge on any atom is 0.308 e. The van der Waals surface area contributed by atoms with E-state index in [0.29, 0.717) is 12.1 Å². The first-order chi connectivity index (χ1) is 10.5. The van der Waals surface area contributed by atoms with Crippen molar-refractivity contribution in [1.82, 2.24) is 4.57 Å². The van der Waals surface area contributed by atoms with E-state index in [1.165, 1.54) is 0 Å². The van der Waals surface area contributed by atoms with Gasteiger partial charge >= 0.3 is 5.97 Å². The van der Waals surface area contributed by atoms with Gasteiger partial charge in [-0.3, -0.25) is 9.59 Å². The lowest BCUT2D eigenvalue weighted by Crippen LogP contribution is -2.26. The quantitative estimate of drug-likeness (QED) is 0.890. The van der Waals surface area contributed by atoms with Crippen molar-refractivity contribution in [3.05, 3.63) is 57.9 Å². The summed E-state index contributed by atoms with van der Waals surface area (Å²) in [5, 5.41) is 8.93. The van der Waals surface area contributed by atoms with Gasteiger partial charge in [0, 0.05) is 12.1 Å². The Morgan fingerprint density at radius 1 is 1.14 bits per heavy atom. The van der Waals surface area contributed by atoms with E-state index in [1.54, 1.807) is 10.6 Å². The SMILES string of the molecule is CCCCn1c(-c2ccc(C)cc2)ccc(CC(=O)O)c1=O. The molecule has 22 heavy (non-hydrogen) atoms. The van der Waals surface area contributed by atoms with Crippen LogP contribution in [0.15, 0.2) is 41.2 Å². The number of carboxylic acids is 1. The van der Waals surface area contributed by atoms with Crippen LogP contribution in [0.25, 0.3) is 11.3 Å². The Labute approximate surface area is 130 Å². The second-order valence-electron chi connectivity index (χ2n) is 5.49. The van der Waals surface area contributed by atoms with E-state index >= 15 is 0 Å². The average molecular weight is 299 g/mol. The fraction of sp³-hybridized carbons (Fsp3) is 0.333. The third-order valence-corrected chi connectivity index (χ3v) is 3.68. The number of hydrogen-bond donors (Lipinski definition) is 1. The number of unbranched alkanes of at least 4 members (excludes halogenated alkanes) is 1. The summed E-state index contributed by atoms with van der Waals surface area (Å²) in [6, 6.07) is 11.5. The zero-order valence-corrected chi connectivity index (χ0v) is 13.0. The fourth-order valence-corrected chi connectivity index (χ4v) is 2.44. The molecule has 0 atom stereocenters. The molecule has 0 aliphatic carbocycles. The summed E-state index contributed by atoms with van der Waals surface area (Å²) >= 11 is 0. The number of aryl methyl sites for hydroxylation is 1. The third-order valence-electron chi connectivity index (χ3n) is 3.68. The molecule has 0 spiro atoms. The highest BCUT2D eigenvalue weighted by atomic mass is 16.4. The highest BCUT2D eigenvalue weighted by Crippen LogP contribution is 2.19. The average Bonchev–Trinajstić information content (AvgIpc) is 2.48. The predicted octanol–water partition coefficient (Wildman–Crippen LogP) is 3.25. The van der Waals surface area contributed by atoms with Gasteiger partial charge in [-0.05, 0) is 25.0 Å². The maximum atomic E-state index is 12.6. The van der Waals surface area contributed by atoms with Gasteiger partial charge in [0.2, 0.25) is 0 Å². The van der Waals surface area contributed by atoms with Crippen LogP contribution in [-0.4, -0.2) is 15.6 Å². The molecule has 0 saturated heterocycles. The minimum absolute atomic E-state index is 0.200. The summed E-state index contributed by atoms with van der Waals surface area (Å²) in [5.74, 6) is -0.984. The first-order valence-electron chi connectivity index (χ1n) is 7.54.